The summed E-state index contributed by atoms with van der Waals surface area (Å²) in [4.78, 5) is 7.38. The first-order chi connectivity index (χ1) is 9.49. The van der Waals surface area contributed by atoms with Crippen molar-refractivity contribution in [1.82, 2.24) is 15.2 Å². The van der Waals surface area contributed by atoms with E-state index in [0.29, 0.717) is 0 Å². The molecule has 20 heavy (non-hydrogen) atoms. The molecule has 0 spiro atoms. The normalized spacial score (nSPS) is 17.9. The predicted molar refractivity (Wildman–Crippen MR) is 87.4 cm³/mol. The molecule has 0 bridgehead atoms. The van der Waals surface area contributed by atoms with Crippen molar-refractivity contribution in [3.63, 3.8) is 0 Å². The minimum atomic E-state index is 0.167. The fraction of sp³-hybridized carbons (Fsp3) is 0.812. The summed E-state index contributed by atoms with van der Waals surface area (Å²) in [7, 11) is 0. The Morgan fingerprint density at radius 3 is 2.60 bits per heavy atom. The van der Waals surface area contributed by atoms with Crippen molar-refractivity contribution in [1.29, 1.82) is 0 Å². The van der Waals surface area contributed by atoms with Crippen LogP contribution < -0.4 is 5.32 Å². The summed E-state index contributed by atoms with van der Waals surface area (Å²) in [5.41, 5.74) is 1.40. The van der Waals surface area contributed by atoms with E-state index < -0.39 is 0 Å². The van der Waals surface area contributed by atoms with Crippen LogP contribution in [-0.2, 0) is 12.0 Å². The van der Waals surface area contributed by atoms with E-state index in [1.807, 2.05) is 11.3 Å². The lowest BCUT2D eigenvalue weighted by molar-refractivity contribution is 0.206. The molecule has 0 amide bonds. The van der Waals surface area contributed by atoms with E-state index >= 15 is 0 Å². The number of piperidine rings is 1. The maximum Gasteiger partial charge on any atom is 0.107 e. The number of rotatable bonds is 5. The number of nitrogens with one attached hydrogen (secondary N) is 1. The molecule has 2 rings (SSSR count). The zero-order valence-corrected chi connectivity index (χ0v) is 14.2. The maximum absolute atomic E-state index is 4.83. The lowest BCUT2D eigenvalue weighted by atomic mass is 9.93. The van der Waals surface area contributed by atoms with Crippen molar-refractivity contribution in [2.45, 2.75) is 52.5 Å². The molecule has 1 aromatic rings. The SMILES string of the molecule is CCN(Cc1nc(C(C)(C)C)cs1)CC1CCNCC1. The van der Waals surface area contributed by atoms with Gasteiger partial charge in [-0.05, 0) is 38.4 Å². The molecule has 1 aromatic heterocycles. The van der Waals surface area contributed by atoms with Crippen molar-refractivity contribution in [2.75, 3.05) is 26.2 Å². The van der Waals surface area contributed by atoms with E-state index in [-0.39, 0.29) is 5.41 Å². The van der Waals surface area contributed by atoms with Crippen molar-refractivity contribution in [3.8, 4) is 0 Å². The van der Waals surface area contributed by atoms with Gasteiger partial charge in [0.2, 0.25) is 0 Å². The van der Waals surface area contributed by atoms with E-state index in [9.17, 15) is 0 Å². The molecule has 1 aliphatic heterocycles. The van der Waals surface area contributed by atoms with Gasteiger partial charge in [0, 0.05) is 17.3 Å². The summed E-state index contributed by atoms with van der Waals surface area (Å²) in [6.07, 6.45) is 2.64. The third kappa shape index (κ3) is 4.54. The monoisotopic (exact) mass is 295 g/mol. The van der Waals surface area contributed by atoms with Crippen molar-refractivity contribution < 1.29 is 0 Å². The van der Waals surface area contributed by atoms with E-state index in [1.165, 1.54) is 43.2 Å². The van der Waals surface area contributed by atoms with Gasteiger partial charge in [0.1, 0.15) is 5.01 Å². The summed E-state index contributed by atoms with van der Waals surface area (Å²) < 4.78 is 0. The second-order valence-electron chi connectivity index (χ2n) is 6.90. The molecule has 1 fully saturated rings. The Balaban J connectivity index is 1.90. The van der Waals surface area contributed by atoms with Gasteiger partial charge < -0.3 is 5.32 Å². The van der Waals surface area contributed by atoms with Crippen molar-refractivity contribution >= 4 is 11.3 Å². The standard InChI is InChI=1S/C16H29N3S/c1-5-19(10-13-6-8-17-9-7-13)11-15-18-14(12-20-15)16(2,3)4/h12-13,17H,5-11H2,1-4H3. The molecule has 0 radical (unpaired) electrons. The van der Waals surface area contributed by atoms with Gasteiger partial charge >= 0.3 is 0 Å². The van der Waals surface area contributed by atoms with E-state index in [2.05, 4.69) is 43.3 Å². The first kappa shape index (κ1) is 15.9. The first-order valence-corrected chi connectivity index (χ1v) is 8.75. The van der Waals surface area contributed by atoms with E-state index in [4.69, 9.17) is 4.98 Å². The quantitative estimate of drug-likeness (QED) is 0.903. The molecule has 0 unspecified atom stereocenters. The summed E-state index contributed by atoms with van der Waals surface area (Å²) in [5.74, 6) is 0.859. The average molecular weight is 295 g/mol. The minimum Gasteiger partial charge on any atom is -0.317 e. The summed E-state index contributed by atoms with van der Waals surface area (Å²) in [5, 5.41) is 6.95. The fourth-order valence-electron chi connectivity index (χ4n) is 2.65. The molecule has 3 nitrogen and oxygen atoms in total. The van der Waals surface area contributed by atoms with Crippen LogP contribution in [0.5, 0.6) is 0 Å². The van der Waals surface area contributed by atoms with Crippen LogP contribution in [0.2, 0.25) is 0 Å². The smallest absolute Gasteiger partial charge is 0.107 e. The van der Waals surface area contributed by atoms with Gasteiger partial charge in [-0.2, -0.15) is 0 Å². The number of hydrogen-bond acceptors (Lipinski definition) is 4. The largest absolute Gasteiger partial charge is 0.317 e. The van der Waals surface area contributed by atoms with Gasteiger partial charge in [0.05, 0.1) is 12.2 Å². The van der Waals surface area contributed by atoms with Gasteiger partial charge in [-0.1, -0.05) is 27.7 Å². The topological polar surface area (TPSA) is 28.2 Å². The van der Waals surface area contributed by atoms with Crippen LogP contribution in [0.3, 0.4) is 0 Å². The summed E-state index contributed by atoms with van der Waals surface area (Å²) in [6, 6.07) is 0. The first-order valence-electron chi connectivity index (χ1n) is 7.87. The van der Waals surface area contributed by atoms with Gasteiger partial charge in [0.25, 0.3) is 0 Å². The van der Waals surface area contributed by atoms with Crippen LogP contribution in [0.15, 0.2) is 5.38 Å². The predicted octanol–water partition coefficient (Wildman–Crippen LogP) is 3.26. The van der Waals surface area contributed by atoms with E-state index in [0.717, 1.165) is 19.0 Å². The van der Waals surface area contributed by atoms with E-state index in [1.54, 1.807) is 0 Å². The fourth-order valence-corrected chi connectivity index (χ4v) is 3.72. The number of hydrogen-bond donors (Lipinski definition) is 1. The molecule has 4 heteroatoms. The summed E-state index contributed by atoms with van der Waals surface area (Å²) >= 11 is 1.82. The molecule has 0 aliphatic carbocycles. The highest BCUT2D eigenvalue weighted by atomic mass is 32.1. The molecule has 1 aliphatic rings. The van der Waals surface area contributed by atoms with Gasteiger partial charge in [-0.3, -0.25) is 4.90 Å². The van der Waals surface area contributed by atoms with Crippen LogP contribution >= 0.6 is 11.3 Å². The Bertz CT molecular complexity index is 402. The Morgan fingerprint density at radius 2 is 2.05 bits per heavy atom. The van der Waals surface area contributed by atoms with Crippen LogP contribution in [0.4, 0.5) is 0 Å². The molecule has 1 saturated heterocycles. The Hall–Kier alpha value is -0.450. The highest BCUT2D eigenvalue weighted by Crippen LogP contribution is 2.25. The zero-order valence-electron chi connectivity index (χ0n) is 13.4. The Kier molecular flexibility index (Phi) is 5.58. The molecule has 1 N–H and O–H groups in total. The number of thiazole rings is 1. The molecule has 114 valence electrons. The number of nitrogens with zero attached hydrogens (tertiary/aromatic N) is 2. The molecule has 0 saturated carbocycles. The maximum atomic E-state index is 4.83. The van der Waals surface area contributed by atoms with Crippen molar-refractivity contribution in [2.24, 2.45) is 5.92 Å². The Labute approximate surface area is 127 Å². The van der Waals surface area contributed by atoms with Gasteiger partial charge in [-0.25, -0.2) is 4.98 Å². The van der Waals surface area contributed by atoms with Crippen LogP contribution in [0, 0.1) is 5.92 Å². The second-order valence-corrected chi connectivity index (χ2v) is 7.84. The zero-order chi connectivity index (χ0) is 14.6. The molecule has 0 atom stereocenters. The lowest BCUT2D eigenvalue weighted by Crippen LogP contribution is -2.35. The van der Waals surface area contributed by atoms with Gasteiger partial charge in [-0.15, -0.1) is 11.3 Å². The highest BCUT2D eigenvalue weighted by molar-refractivity contribution is 7.09. The average Bonchev–Trinajstić information content (AvgIpc) is 2.87. The minimum absolute atomic E-state index is 0.167. The third-order valence-corrected chi connectivity index (χ3v) is 4.93. The highest BCUT2D eigenvalue weighted by Gasteiger charge is 2.20. The number of aromatic nitrogens is 1. The second kappa shape index (κ2) is 7.01. The molecular formula is C16H29N3S. The third-order valence-electron chi connectivity index (χ3n) is 4.10. The van der Waals surface area contributed by atoms with Crippen LogP contribution in [-0.4, -0.2) is 36.1 Å². The molecule has 2 heterocycles. The van der Waals surface area contributed by atoms with Crippen LogP contribution in [0.1, 0.15) is 51.2 Å². The van der Waals surface area contributed by atoms with Crippen molar-refractivity contribution in [3.05, 3.63) is 16.1 Å². The molecule has 0 aromatic carbocycles. The van der Waals surface area contributed by atoms with Gasteiger partial charge in [0.15, 0.2) is 0 Å². The van der Waals surface area contributed by atoms with Crippen LogP contribution in [0.25, 0.3) is 0 Å². The molecular weight excluding hydrogens is 266 g/mol. The lowest BCUT2D eigenvalue weighted by Gasteiger charge is -2.28. The summed E-state index contributed by atoms with van der Waals surface area (Å²) in [6.45, 7) is 14.7. The Morgan fingerprint density at radius 1 is 1.35 bits per heavy atom.